The Morgan fingerprint density at radius 2 is 1.37 bits per heavy atom. The predicted octanol–water partition coefficient (Wildman–Crippen LogP) is 4.64. The molecule has 0 spiro atoms. The molecule has 0 aromatic heterocycles. The SMILES string of the molecule is CCCOc1ccc(C(=O)NCCc2ccc(OCC)c(OCC)c2)cc1OCC. The molecule has 0 aliphatic carbocycles. The molecule has 0 radical (unpaired) electrons. The third kappa shape index (κ3) is 6.87. The second-order valence-electron chi connectivity index (χ2n) is 6.60. The maximum Gasteiger partial charge on any atom is 0.251 e. The van der Waals surface area contributed by atoms with Gasteiger partial charge in [0.05, 0.1) is 26.4 Å². The summed E-state index contributed by atoms with van der Waals surface area (Å²) >= 11 is 0. The number of benzene rings is 2. The van der Waals surface area contributed by atoms with E-state index in [1.165, 1.54) is 0 Å². The van der Waals surface area contributed by atoms with Gasteiger partial charge in [0.15, 0.2) is 23.0 Å². The topological polar surface area (TPSA) is 66.0 Å². The maximum atomic E-state index is 12.6. The van der Waals surface area contributed by atoms with E-state index < -0.39 is 0 Å². The van der Waals surface area contributed by atoms with Crippen LogP contribution in [0.15, 0.2) is 36.4 Å². The highest BCUT2D eigenvalue weighted by molar-refractivity contribution is 5.94. The maximum absolute atomic E-state index is 12.6. The summed E-state index contributed by atoms with van der Waals surface area (Å²) in [6.07, 6.45) is 1.60. The van der Waals surface area contributed by atoms with E-state index in [-0.39, 0.29) is 5.91 Å². The van der Waals surface area contributed by atoms with Crippen molar-refractivity contribution in [3.05, 3.63) is 47.5 Å². The van der Waals surface area contributed by atoms with E-state index >= 15 is 0 Å². The van der Waals surface area contributed by atoms with Crippen LogP contribution in [0.3, 0.4) is 0 Å². The van der Waals surface area contributed by atoms with Crippen molar-refractivity contribution in [3.63, 3.8) is 0 Å². The van der Waals surface area contributed by atoms with E-state index in [1.807, 2.05) is 45.9 Å². The summed E-state index contributed by atoms with van der Waals surface area (Å²) in [6, 6.07) is 11.1. The lowest BCUT2D eigenvalue weighted by Crippen LogP contribution is -2.25. The lowest BCUT2D eigenvalue weighted by molar-refractivity contribution is 0.0953. The van der Waals surface area contributed by atoms with Crippen LogP contribution in [-0.2, 0) is 6.42 Å². The zero-order valence-electron chi connectivity index (χ0n) is 18.5. The Balaban J connectivity index is 1.98. The van der Waals surface area contributed by atoms with E-state index in [0.29, 0.717) is 56.5 Å². The van der Waals surface area contributed by atoms with Crippen LogP contribution in [0.2, 0.25) is 0 Å². The quantitative estimate of drug-likeness (QED) is 0.516. The summed E-state index contributed by atoms with van der Waals surface area (Å²) in [5.41, 5.74) is 1.62. The highest BCUT2D eigenvalue weighted by Crippen LogP contribution is 2.29. The van der Waals surface area contributed by atoms with E-state index in [2.05, 4.69) is 5.32 Å². The Kier molecular flexibility index (Phi) is 9.84. The molecule has 0 aliphatic rings. The number of hydrogen-bond donors (Lipinski definition) is 1. The first-order valence-electron chi connectivity index (χ1n) is 10.7. The summed E-state index contributed by atoms with van der Waals surface area (Å²) in [7, 11) is 0. The predicted molar refractivity (Wildman–Crippen MR) is 118 cm³/mol. The van der Waals surface area contributed by atoms with Crippen LogP contribution in [0.25, 0.3) is 0 Å². The molecule has 30 heavy (non-hydrogen) atoms. The third-order valence-electron chi connectivity index (χ3n) is 4.27. The monoisotopic (exact) mass is 415 g/mol. The van der Waals surface area contributed by atoms with Crippen LogP contribution < -0.4 is 24.3 Å². The fourth-order valence-corrected chi connectivity index (χ4v) is 2.92. The van der Waals surface area contributed by atoms with E-state index in [4.69, 9.17) is 18.9 Å². The van der Waals surface area contributed by atoms with Gasteiger partial charge in [-0.05, 0) is 69.5 Å². The van der Waals surface area contributed by atoms with Gasteiger partial charge >= 0.3 is 0 Å². The average Bonchev–Trinajstić information content (AvgIpc) is 2.75. The molecule has 0 atom stereocenters. The molecule has 0 aliphatic heterocycles. The lowest BCUT2D eigenvalue weighted by Gasteiger charge is -2.14. The molecule has 0 bridgehead atoms. The number of carbonyl (C=O) groups excluding carboxylic acids is 1. The zero-order chi connectivity index (χ0) is 21.8. The Labute approximate surface area is 179 Å². The van der Waals surface area contributed by atoms with Crippen LogP contribution >= 0.6 is 0 Å². The smallest absolute Gasteiger partial charge is 0.251 e. The van der Waals surface area contributed by atoms with Gasteiger partial charge in [-0.2, -0.15) is 0 Å². The van der Waals surface area contributed by atoms with Gasteiger partial charge in [0.2, 0.25) is 0 Å². The summed E-state index contributed by atoms with van der Waals surface area (Å²) in [5.74, 6) is 2.57. The number of carbonyl (C=O) groups is 1. The van der Waals surface area contributed by atoms with Crippen molar-refractivity contribution in [1.82, 2.24) is 5.32 Å². The Morgan fingerprint density at radius 1 is 0.767 bits per heavy atom. The largest absolute Gasteiger partial charge is 0.490 e. The normalized spacial score (nSPS) is 10.4. The van der Waals surface area contributed by atoms with Crippen LogP contribution in [0.4, 0.5) is 0 Å². The number of nitrogens with one attached hydrogen (secondary N) is 1. The van der Waals surface area contributed by atoms with Crippen molar-refractivity contribution in [1.29, 1.82) is 0 Å². The van der Waals surface area contributed by atoms with Crippen molar-refractivity contribution >= 4 is 5.91 Å². The van der Waals surface area contributed by atoms with Crippen molar-refractivity contribution in [3.8, 4) is 23.0 Å². The summed E-state index contributed by atoms with van der Waals surface area (Å²) in [5, 5.41) is 2.96. The fourth-order valence-electron chi connectivity index (χ4n) is 2.92. The van der Waals surface area contributed by atoms with Crippen LogP contribution in [0, 0.1) is 0 Å². The molecule has 2 aromatic carbocycles. The molecule has 2 aromatic rings. The van der Waals surface area contributed by atoms with Gasteiger partial charge in [-0.25, -0.2) is 0 Å². The molecule has 6 nitrogen and oxygen atoms in total. The molecular weight excluding hydrogens is 382 g/mol. The molecule has 164 valence electrons. The Bertz CT molecular complexity index is 806. The molecule has 0 saturated heterocycles. The van der Waals surface area contributed by atoms with Crippen molar-refractivity contribution in [2.45, 2.75) is 40.5 Å². The summed E-state index contributed by atoms with van der Waals surface area (Å²) < 4.78 is 22.6. The summed E-state index contributed by atoms with van der Waals surface area (Å²) in [6.45, 7) is 10.6. The Morgan fingerprint density at radius 3 is 2.03 bits per heavy atom. The van der Waals surface area contributed by atoms with Gasteiger partial charge in [0, 0.05) is 12.1 Å². The van der Waals surface area contributed by atoms with Gasteiger partial charge in [-0.3, -0.25) is 4.79 Å². The van der Waals surface area contributed by atoms with Gasteiger partial charge in [-0.1, -0.05) is 13.0 Å². The van der Waals surface area contributed by atoms with Crippen LogP contribution in [0.5, 0.6) is 23.0 Å². The van der Waals surface area contributed by atoms with Gasteiger partial charge in [-0.15, -0.1) is 0 Å². The highest BCUT2D eigenvalue weighted by Gasteiger charge is 2.12. The number of hydrogen-bond acceptors (Lipinski definition) is 5. The molecule has 1 amide bonds. The van der Waals surface area contributed by atoms with Gasteiger partial charge < -0.3 is 24.3 Å². The minimum Gasteiger partial charge on any atom is -0.490 e. The second-order valence-corrected chi connectivity index (χ2v) is 6.60. The van der Waals surface area contributed by atoms with Crippen LogP contribution in [0.1, 0.15) is 50.0 Å². The zero-order valence-corrected chi connectivity index (χ0v) is 18.5. The molecule has 1 N–H and O–H groups in total. The minimum atomic E-state index is -0.144. The van der Waals surface area contributed by atoms with Gasteiger partial charge in [0.1, 0.15) is 0 Å². The Hall–Kier alpha value is -2.89. The van der Waals surface area contributed by atoms with Crippen molar-refractivity contribution in [2.24, 2.45) is 0 Å². The van der Waals surface area contributed by atoms with Crippen LogP contribution in [-0.4, -0.2) is 38.9 Å². The van der Waals surface area contributed by atoms with Crippen molar-refractivity contribution in [2.75, 3.05) is 33.0 Å². The third-order valence-corrected chi connectivity index (χ3v) is 4.27. The number of ether oxygens (including phenoxy) is 4. The molecule has 2 rings (SSSR count). The second kappa shape index (κ2) is 12.6. The fraction of sp³-hybridized carbons (Fsp3) is 0.458. The van der Waals surface area contributed by atoms with E-state index in [9.17, 15) is 4.79 Å². The van der Waals surface area contributed by atoms with Gasteiger partial charge in [0.25, 0.3) is 5.91 Å². The molecule has 0 saturated carbocycles. The lowest BCUT2D eigenvalue weighted by atomic mass is 10.1. The summed E-state index contributed by atoms with van der Waals surface area (Å²) in [4.78, 5) is 12.6. The average molecular weight is 416 g/mol. The number of amides is 1. The van der Waals surface area contributed by atoms with Crippen molar-refractivity contribution < 1.29 is 23.7 Å². The highest BCUT2D eigenvalue weighted by atomic mass is 16.5. The molecular formula is C24H33NO5. The number of rotatable bonds is 13. The first-order valence-corrected chi connectivity index (χ1v) is 10.7. The molecule has 6 heteroatoms. The first kappa shape index (κ1) is 23.4. The molecule has 0 fully saturated rings. The van der Waals surface area contributed by atoms with E-state index in [0.717, 1.165) is 23.5 Å². The molecule has 0 heterocycles. The standard InChI is InChI=1S/C24H33NO5/c1-5-15-30-21-12-10-19(17-23(21)29-8-4)24(26)25-14-13-18-9-11-20(27-6-2)22(16-18)28-7-3/h9-12,16-17H,5-8,13-15H2,1-4H3,(H,25,26). The molecule has 0 unspecified atom stereocenters. The van der Waals surface area contributed by atoms with E-state index in [1.54, 1.807) is 18.2 Å². The minimum absolute atomic E-state index is 0.144. The first-order chi connectivity index (χ1) is 14.6.